The number of carbonyl (C=O) groups is 1. The molecule has 5 nitrogen and oxygen atoms in total. The minimum atomic E-state index is -3.91. The van der Waals surface area contributed by atoms with Crippen LogP contribution in [0.25, 0.3) is 11.1 Å². The fraction of sp³-hybridized carbons (Fsp3) is 0.235. The van der Waals surface area contributed by atoms with Gasteiger partial charge in [-0.15, -0.1) is 0 Å². The van der Waals surface area contributed by atoms with Gasteiger partial charge in [-0.1, -0.05) is 32.0 Å². The molecule has 0 fully saturated rings. The molecule has 0 radical (unpaired) electrons. The highest BCUT2D eigenvalue weighted by molar-refractivity contribution is 9.13. The number of hydrogen-bond donors (Lipinski definition) is 2. The van der Waals surface area contributed by atoms with E-state index in [1.165, 1.54) is 12.1 Å². The van der Waals surface area contributed by atoms with Gasteiger partial charge in [-0.25, -0.2) is 8.42 Å². The van der Waals surface area contributed by atoms with Gasteiger partial charge in [0, 0.05) is 8.95 Å². The van der Waals surface area contributed by atoms with E-state index in [0.29, 0.717) is 0 Å². The number of carboxylic acids is 1. The molecule has 2 aromatic carbocycles. The third kappa shape index (κ3) is 4.91. The molecule has 0 saturated heterocycles. The van der Waals surface area contributed by atoms with E-state index in [0.717, 1.165) is 20.1 Å². The van der Waals surface area contributed by atoms with Gasteiger partial charge in [-0.2, -0.15) is 4.72 Å². The predicted molar refractivity (Wildman–Crippen MR) is 104 cm³/mol. The number of hydrogen-bond acceptors (Lipinski definition) is 3. The summed E-state index contributed by atoms with van der Waals surface area (Å²) in [6.07, 6.45) is 0. The summed E-state index contributed by atoms with van der Waals surface area (Å²) in [4.78, 5) is 11.2. The SMILES string of the molecule is CC(C)C(NS(=O)(=O)c1ccc(-c2ccc(Br)c(Br)c2)cc1)C(=O)O. The monoisotopic (exact) mass is 489 g/mol. The van der Waals surface area contributed by atoms with Gasteiger partial charge >= 0.3 is 5.97 Å². The fourth-order valence-corrected chi connectivity index (χ4v) is 4.17. The number of sulfonamides is 1. The van der Waals surface area contributed by atoms with E-state index < -0.39 is 22.0 Å². The molecule has 2 aromatic rings. The Morgan fingerprint density at radius 3 is 2.04 bits per heavy atom. The number of aliphatic carboxylic acids is 1. The molecule has 0 aliphatic carbocycles. The largest absolute Gasteiger partial charge is 0.480 e. The number of nitrogens with one attached hydrogen (secondary N) is 1. The summed E-state index contributed by atoms with van der Waals surface area (Å²) < 4.78 is 28.9. The van der Waals surface area contributed by atoms with Crippen LogP contribution in [0.2, 0.25) is 0 Å². The molecule has 2 rings (SSSR count). The Hall–Kier alpha value is -1.22. The summed E-state index contributed by atoms with van der Waals surface area (Å²) in [6.45, 7) is 3.30. The van der Waals surface area contributed by atoms with Gasteiger partial charge in [-0.3, -0.25) is 4.79 Å². The molecule has 8 heteroatoms. The van der Waals surface area contributed by atoms with Crippen molar-refractivity contribution in [1.29, 1.82) is 0 Å². The Kier molecular flexibility index (Phi) is 6.42. The first-order valence-corrected chi connectivity index (χ1v) is 10.5. The maximum absolute atomic E-state index is 12.4. The van der Waals surface area contributed by atoms with Crippen LogP contribution in [0.5, 0.6) is 0 Å². The lowest BCUT2D eigenvalue weighted by Crippen LogP contribution is -2.44. The third-order valence-electron chi connectivity index (χ3n) is 3.63. The summed E-state index contributed by atoms with van der Waals surface area (Å²) >= 11 is 6.84. The molecule has 0 amide bonds. The van der Waals surface area contributed by atoms with Crippen molar-refractivity contribution >= 4 is 47.9 Å². The van der Waals surface area contributed by atoms with E-state index in [2.05, 4.69) is 36.6 Å². The quantitative estimate of drug-likeness (QED) is 0.633. The summed E-state index contributed by atoms with van der Waals surface area (Å²) in [7, 11) is -3.91. The summed E-state index contributed by atoms with van der Waals surface area (Å²) in [5, 5.41) is 9.16. The van der Waals surface area contributed by atoms with Gasteiger partial charge < -0.3 is 5.11 Å². The first-order chi connectivity index (χ1) is 11.6. The van der Waals surface area contributed by atoms with Crippen molar-refractivity contribution in [2.24, 2.45) is 5.92 Å². The van der Waals surface area contributed by atoms with Gasteiger partial charge in [0.25, 0.3) is 0 Å². The van der Waals surface area contributed by atoms with Gasteiger partial charge in [0.2, 0.25) is 10.0 Å². The summed E-state index contributed by atoms with van der Waals surface area (Å²) in [6, 6.07) is 10.9. The summed E-state index contributed by atoms with van der Waals surface area (Å²) in [5.41, 5.74) is 1.78. The van der Waals surface area contributed by atoms with E-state index in [-0.39, 0.29) is 10.8 Å². The van der Waals surface area contributed by atoms with E-state index >= 15 is 0 Å². The predicted octanol–water partition coefficient (Wildman–Crippen LogP) is 4.27. The maximum Gasteiger partial charge on any atom is 0.322 e. The lowest BCUT2D eigenvalue weighted by molar-refractivity contribution is -0.140. The van der Waals surface area contributed by atoms with Crippen LogP contribution in [0.3, 0.4) is 0 Å². The number of halogens is 2. The normalized spacial score (nSPS) is 13.0. The minimum absolute atomic E-state index is 0.0272. The van der Waals surface area contributed by atoms with Crippen molar-refractivity contribution in [3.63, 3.8) is 0 Å². The standard InChI is InChI=1S/C17H17Br2NO4S/c1-10(2)16(17(21)22)20-25(23,24)13-6-3-11(4-7-13)12-5-8-14(18)15(19)9-12/h3-10,16,20H,1-2H3,(H,21,22). The molecule has 0 heterocycles. The van der Waals surface area contributed by atoms with Gasteiger partial charge in [0.05, 0.1) is 4.90 Å². The smallest absolute Gasteiger partial charge is 0.322 e. The molecule has 0 bridgehead atoms. The Labute approximate surface area is 163 Å². The van der Waals surface area contributed by atoms with E-state index in [1.54, 1.807) is 26.0 Å². The number of benzene rings is 2. The minimum Gasteiger partial charge on any atom is -0.480 e. The lowest BCUT2D eigenvalue weighted by Gasteiger charge is -2.18. The highest BCUT2D eigenvalue weighted by Gasteiger charge is 2.27. The van der Waals surface area contributed by atoms with Crippen LogP contribution < -0.4 is 4.72 Å². The van der Waals surface area contributed by atoms with Crippen molar-refractivity contribution in [2.45, 2.75) is 24.8 Å². The van der Waals surface area contributed by atoms with Crippen LogP contribution >= 0.6 is 31.9 Å². The Balaban J connectivity index is 2.29. The first kappa shape index (κ1) is 20.1. The highest BCUT2D eigenvalue weighted by Crippen LogP contribution is 2.29. The molecule has 0 spiro atoms. The van der Waals surface area contributed by atoms with Gasteiger partial charge in [0.15, 0.2) is 0 Å². The van der Waals surface area contributed by atoms with Gasteiger partial charge in [0.1, 0.15) is 6.04 Å². The molecule has 0 aliphatic rings. The zero-order chi connectivity index (χ0) is 18.8. The third-order valence-corrected chi connectivity index (χ3v) is 6.97. The highest BCUT2D eigenvalue weighted by atomic mass is 79.9. The van der Waals surface area contributed by atoms with Crippen molar-refractivity contribution in [2.75, 3.05) is 0 Å². The van der Waals surface area contributed by atoms with Crippen molar-refractivity contribution in [3.8, 4) is 11.1 Å². The lowest BCUT2D eigenvalue weighted by atomic mass is 10.1. The topological polar surface area (TPSA) is 83.5 Å². The Morgan fingerprint density at radius 2 is 1.56 bits per heavy atom. The van der Waals surface area contributed by atoms with Crippen LogP contribution in [0.4, 0.5) is 0 Å². The molecular weight excluding hydrogens is 474 g/mol. The van der Waals surface area contributed by atoms with Crippen molar-refractivity contribution in [1.82, 2.24) is 4.72 Å². The molecular formula is C17H17Br2NO4S. The molecule has 134 valence electrons. The zero-order valence-corrected chi connectivity index (χ0v) is 17.5. The molecule has 0 aliphatic heterocycles. The van der Waals surface area contributed by atoms with Crippen LogP contribution in [0, 0.1) is 5.92 Å². The average molecular weight is 491 g/mol. The van der Waals surface area contributed by atoms with Crippen LogP contribution in [-0.2, 0) is 14.8 Å². The second-order valence-corrected chi connectivity index (χ2v) is 9.26. The Morgan fingerprint density at radius 1 is 1.00 bits per heavy atom. The van der Waals surface area contributed by atoms with Crippen molar-refractivity contribution < 1.29 is 18.3 Å². The fourth-order valence-electron chi connectivity index (χ4n) is 2.21. The second kappa shape index (κ2) is 7.99. The number of rotatable bonds is 6. The van der Waals surface area contributed by atoms with Gasteiger partial charge in [-0.05, 0) is 73.2 Å². The molecule has 0 aromatic heterocycles. The van der Waals surface area contributed by atoms with Crippen LogP contribution in [0.15, 0.2) is 56.3 Å². The average Bonchev–Trinajstić information content (AvgIpc) is 2.55. The van der Waals surface area contributed by atoms with E-state index in [4.69, 9.17) is 5.11 Å². The molecule has 1 atom stereocenters. The molecule has 25 heavy (non-hydrogen) atoms. The van der Waals surface area contributed by atoms with E-state index in [1.807, 2.05) is 18.2 Å². The van der Waals surface area contributed by atoms with Crippen LogP contribution in [-0.4, -0.2) is 25.5 Å². The zero-order valence-electron chi connectivity index (χ0n) is 13.5. The van der Waals surface area contributed by atoms with Crippen molar-refractivity contribution in [3.05, 3.63) is 51.4 Å². The second-order valence-electron chi connectivity index (χ2n) is 5.83. The Bertz CT molecular complexity index is 880. The molecule has 0 saturated carbocycles. The van der Waals surface area contributed by atoms with Crippen LogP contribution in [0.1, 0.15) is 13.8 Å². The maximum atomic E-state index is 12.4. The first-order valence-electron chi connectivity index (χ1n) is 7.42. The molecule has 2 N–H and O–H groups in total. The number of carboxylic acid groups (broad SMARTS) is 1. The summed E-state index contributed by atoms with van der Waals surface area (Å²) in [5.74, 6) is -1.57. The van der Waals surface area contributed by atoms with E-state index in [9.17, 15) is 13.2 Å². The molecule has 1 unspecified atom stereocenters.